The summed E-state index contributed by atoms with van der Waals surface area (Å²) >= 11 is 0. The van der Waals surface area contributed by atoms with Gasteiger partial charge in [0.25, 0.3) is 0 Å². The number of allylic oxidation sites excluding steroid dienone is 2. The third-order valence-corrected chi connectivity index (χ3v) is 13.8. The van der Waals surface area contributed by atoms with Gasteiger partial charge in [0, 0.05) is 19.3 Å². The zero-order valence-corrected chi connectivity index (χ0v) is 45.5. The monoisotopic (exact) mass is 945 g/mol. The van der Waals surface area contributed by atoms with Crippen LogP contribution >= 0.6 is 0 Å². The Morgan fingerprint density at radius 2 is 0.493 bits per heavy atom. The van der Waals surface area contributed by atoms with Gasteiger partial charge in [-0.25, -0.2) is 0 Å². The molecular weight excluding hydrogens is 829 g/mol. The summed E-state index contributed by atoms with van der Waals surface area (Å²) in [5.41, 5.74) is 0. The molecule has 1 atom stereocenters. The summed E-state index contributed by atoms with van der Waals surface area (Å²) in [7, 11) is 0. The van der Waals surface area contributed by atoms with Gasteiger partial charge in [0.05, 0.1) is 0 Å². The molecule has 6 heteroatoms. The molecule has 0 saturated heterocycles. The summed E-state index contributed by atoms with van der Waals surface area (Å²) < 4.78 is 16.9. The van der Waals surface area contributed by atoms with E-state index in [1.165, 1.54) is 238 Å². The molecule has 0 radical (unpaired) electrons. The molecule has 0 N–H and O–H groups in total. The van der Waals surface area contributed by atoms with Crippen LogP contribution in [-0.2, 0) is 28.6 Å². The highest BCUT2D eigenvalue weighted by Gasteiger charge is 2.19. The second-order valence-corrected chi connectivity index (χ2v) is 20.6. The lowest BCUT2D eigenvalue weighted by atomic mass is 10.0. The Hall–Kier alpha value is -1.85. The van der Waals surface area contributed by atoms with Crippen molar-refractivity contribution in [3.63, 3.8) is 0 Å². The fourth-order valence-electron chi connectivity index (χ4n) is 9.21. The molecule has 0 aromatic carbocycles. The van der Waals surface area contributed by atoms with Crippen molar-refractivity contribution in [3.05, 3.63) is 12.2 Å². The Labute approximate surface area is 418 Å². The first-order valence-electron chi connectivity index (χ1n) is 30.2. The van der Waals surface area contributed by atoms with Crippen molar-refractivity contribution >= 4 is 17.9 Å². The smallest absolute Gasteiger partial charge is 0.306 e. The number of unbranched alkanes of at least 4 members (excludes halogenated alkanes) is 43. The molecule has 0 aromatic rings. The topological polar surface area (TPSA) is 78.9 Å². The van der Waals surface area contributed by atoms with E-state index in [0.717, 1.165) is 64.2 Å². The van der Waals surface area contributed by atoms with Gasteiger partial charge in [-0.15, -0.1) is 0 Å². The van der Waals surface area contributed by atoms with E-state index in [9.17, 15) is 14.4 Å². The van der Waals surface area contributed by atoms with Crippen molar-refractivity contribution in [1.82, 2.24) is 0 Å². The second kappa shape index (κ2) is 56.7. The van der Waals surface area contributed by atoms with Gasteiger partial charge in [-0.1, -0.05) is 290 Å². The van der Waals surface area contributed by atoms with E-state index in [1.54, 1.807) is 0 Å². The van der Waals surface area contributed by atoms with Crippen LogP contribution in [0.5, 0.6) is 0 Å². The van der Waals surface area contributed by atoms with Gasteiger partial charge in [0.15, 0.2) is 6.10 Å². The van der Waals surface area contributed by atoms with Crippen molar-refractivity contribution in [1.29, 1.82) is 0 Å². The standard InChI is InChI=1S/C61H116O6/c1-4-7-10-13-16-19-22-25-28-30-33-36-39-42-45-48-51-54-60(63)66-57-58(56-65-59(62)53-50-47-44-41-38-35-32-27-24-21-18-15-12-9-6-3)67-61(64)55-52-49-46-43-40-37-34-31-29-26-23-20-17-14-11-8-5-2/h27,32,58H,4-26,28-31,33-57H2,1-3H3/t58-/m1/s1. The van der Waals surface area contributed by atoms with Crippen LogP contribution in [-0.4, -0.2) is 37.2 Å². The van der Waals surface area contributed by atoms with E-state index in [2.05, 4.69) is 32.9 Å². The van der Waals surface area contributed by atoms with Gasteiger partial charge in [-0.05, 0) is 44.9 Å². The van der Waals surface area contributed by atoms with E-state index < -0.39 is 6.10 Å². The van der Waals surface area contributed by atoms with Crippen molar-refractivity contribution in [2.45, 2.75) is 348 Å². The molecule has 0 spiro atoms. The summed E-state index contributed by atoms with van der Waals surface area (Å²) in [6.07, 6.45) is 64.9. The van der Waals surface area contributed by atoms with E-state index in [0.29, 0.717) is 19.3 Å². The number of rotatable bonds is 56. The predicted molar refractivity (Wildman–Crippen MR) is 289 cm³/mol. The Morgan fingerprint density at radius 3 is 0.746 bits per heavy atom. The fourth-order valence-corrected chi connectivity index (χ4v) is 9.21. The minimum Gasteiger partial charge on any atom is -0.462 e. The van der Waals surface area contributed by atoms with Gasteiger partial charge in [0.2, 0.25) is 0 Å². The first-order chi connectivity index (χ1) is 33.0. The van der Waals surface area contributed by atoms with Crippen LogP contribution in [0.1, 0.15) is 342 Å². The quantitative estimate of drug-likeness (QED) is 0.0262. The molecule has 0 aliphatic carbocycles. The number of carbonyl (C=O) groups excluding carboxylic acids is 3. The van der Waals surface area contributed by atoms with Crippen LogP contribution in [0.2, 0.25) is 0 Å². The van der Waals surface area contributed by atoms with E-state index in [-0.39, 0.29) is 31.1 Å². The largest absolute Gasteiger partial charge is 0.462 e. The van der Waals surface area contributed by atoms with Crippen LogP contribution in [0.4, 0.5) is 0 Å². The highest BCUT2D eigenvalue weighted by molar-refractivity contribution is 5.71. The molecule has 0 amide bonds. The van der Waals surface area contributed by atoms with Gasteiger partial charge >= 0.3 is 17.9 Å². The minimum absolute atomic E-state index is 0.0662. The van der Waals surface area contributed by atoms with Gasteiger partial charge < -0.3 is 14.2 Å². The van der Waals surface area contributed by atoms with E-state index >= 15 is 0 Å². The molecule has 0 heterocycles. The molecule has 0 unspecified atom stereocenters. The highest BCUT2D eigenvalue weighted by Crippen LogP contribution is 2.18. The van der Waals surface area contributed by atoms with Crippen LogP contribution in [0.25, 0.3) is 0 Å². The first-order valence-corrected chi connectivity index (χ1v) is 30.2. The zero-order chi connectivity index (χ0) is 48.6. The summed E-state index contributed by atoms with van der Waals surface area (Å²) in [4.78, 5) is 38.2. The molecule has 0 saturated carbocycles. The number of esters is 3. The van der Waals surface area contributed by atoms with Crippen molar-refractivity contribution in [2.75, 3.05) is 13.2 Å². The van der Waals surface area contributed by atoms with Gasteiger partial charge in [-0.3, -0.25) is 14.4 Å². The third-order valence-electron chi connectivity index (χ3n) is 13.8. The zero-order valence-electron chi connectivity index (χ0n) is 45.5. The maximum atomic E-state index is 12.9. The van der Waals surface area contributed by atoms with E-state index in [1.807, 2.05) is 0 Å². The molecule has 6 nitrogen and oxygen atoms in total. The fraction of sp³-hybridized carbons (Fsp3) is 0.918. The lowest BCUT2D eigenvalue weighted by Crippen LogP contribution is -2.30. The Bertz CT molecular complexity index is 1040. The molecule has 396 valence electrons. The van der Waals surface area contributed by atoms with Crippen LogP contribution < -0.4 is 0 Å². The first kappa shape index (κ1) is 65.1. The van der Waals surface area contributed by atoms with Crippen LogP contribution in [0.15, 0.2) is 12.2 Å². The van der Waals surface area contributed by atoms with Crippen LogP contribution in [0, 0.1) is 0 Å². The van der Waals surface area contributed by atoms with E-state index in [4.69, 9.17) is 14.2 Å². The highest BCUT2D eigenvalue weighted by atomic mass is 16.6. The lowest BCUT2D eigenvalue weighted by molar-refractivity contribution is -0.167. The third kappa shape index (κ3) is 55.0. The summed E-state index contributed by atoms with van der Waals surface area (Å²) in [6, 6.07) is 0. The molecule has 0 bridgehead atoms. The lowest BCUT2D eigenvalue weighted by Gasteiger charge is -2.18. The molecule has 0 rings (SSSR count). The minimum atomic E-state index is -0.768. The second-order valence-electron chi connectivity index (χ2n) is 20.6. The Balaban J connectivity index is 4.31. The van der Waals surface area contributed by atoms with Crippen molar-refractivity contribution < 1.29 is 28.6 Å². The maximum absolute atomic E-state index is 12.9. The SMILES string of the molecule is CCCCCCCCC=CCCCCCCCC(=O)OC[C@H](COC(=O)CCCCCCCCCCCCCCCCCCC)OC(=O)CCCCCCCCCCCCCCCCCCC. The average molecular weight is 946 g/mol. The Kier molecular flexibility index (Phi) is 55.2. The number of ether oxygens (including phenoxy) is 3. The van der Waals surface area contributed by atoms with Crippen LogP contribution in [0.3, 0.4) is 0 Å². The van der Waals surface area contributed by atoms with Crippen molar-refractivity contribution in [2.24, 2.45) is 0 Å². The summed E-state index contributed by atoms with van der Waals surface area (Å²) in [5, 5.41) is 0. The molecule has 0 aliphatic rings. The molecule has 67 heavy (non-hydrogen) atoms. The summed E-state index contributed by atoms with van der Waals surface area (Å²) in [5.74, 6) is -0.847. The molecule has 0 fully saturated rings. The molecule has 0 aromatic heterocycles. The average Bonchev–Trinajstić information content (AvgIpc) is 3.33. The van der Waals surface area contributed by atoms with Gasteiger partial charge in [0.1, 0.15) is 13.2 Å². The Morgan fingerprint density at radius 1 is 0.284 bits per heavy atom. The predicted octanol–water partition coefficient (Wildman–Crippen LogP) is 20.1. The maximum Gasteiger partial charge on any atom is 0.306 e. The number of carbonyl (C=O) groups is 3. The number of hydrogen-bond acceptors (Lipinski definition) is 6. The number of hydrogen-bond donors (Lipinski definition) is 0. The molecule has 0 aliphatic heterocycles. The molecular formula is C61H116O6. The van der Waals surface area contributed by atoms with Gasteiger partial charge in [-0.2, -0.15) is 0 Å². The van der Waals surface area contributed by atoms with Crippen molar-refractivity contribution in [3.8, 4) is 0 Å². The normalized spacial score (nSPS) is 12.0. The summed E-state index contributed by atoms with van der Waals surface area (Å²) in [6.45, 7) is 6.70.